The van der Waals surface area contributed by atoms with Crippen LogP contribution in [-0.4, -0.2) is 0 Å². The topological polar surface area (TPSA) is 0 Å². The lowest BCUT2D eigenvalue weighted by atomic mass is 9.65. The summed E-state index contributed by atoms with van der Waals surface area (Å²) in [5, 5.41) is 0. The maximum atomic E-state index is 2.45. The summed E-state index contributed by atoms with van der Waals surface area (Å²) in [6.07, 6.45) is 5.96. The zero-order chi connectivity index (χ0) is 8.98. The molecule has 0 heterocycles. The van der Waals surface area contributed by atoms with Crippen LogP contribution in [0.5, 0.6) is 0 Å². The molecule has 3 atom stereocenters. The van der Waals surface area contributed by atoms with E-state index in [1.807, 2.05) is 0 Å². The molecule has 0 heteroatoms. The van der Waals surface area contributed by atoms with Crippen LogP contribution in [0.25, 0.3) is 0 Å². The van der Waals surface area contributed by atoms with Crippen LogP contribution in [0.15, 0.2) is 0 Å². The summed E-state index contributed by atoms with van der Waals surface area (Å²) in [7, 11) is 0. The first-order valence-corrected chi connectivity index (χ1v) is 5.44. The average molecular weight is 166 g/mol. The van der Waals surface area contributed by atoms with E-state index in [0.717, 1.165) is 17.3 Å². The lowest BCUT2D eigenvalue weighted by Crippen LogP contribution is -2.29. The molecule has 2 aliphatic carbocycles. The molecule has 2 unspecified atom stereocenters. The molecule has 2 rings (SSSR count). The predicted octanol–water partition coefficient (Wildman–Crippen LogP) is 3.86. The van der Waals surface area contributed by atoms with Gasteiger partial charge in [-0.3, -0.25) is 0 Å². The van der Waals surface area contributed by atoms with Gasteiger partial charge in [-0.05, 0) is 48.3 Å². The molecule has 0 nitrogen and oxygen atoms in total. The Bertz CT molecular complexity index is 192. The molecule has 0 aromatic heterocycles. The highest BCUT2D eigenvalue weighted by atomic mass is 14.6. The standard InChI is InChI=1S/C12H22/c1-9-5-11(3,4)8-12(6-9)7-10(12)2/h9-10H,5-8H2,1-4H3/t9?,10?,12-/m1/s1. The van der Waals surface area contributed by atoms with E-state index < -0.39 is 0 Å². The summed E-state index contributed by atoms with van der Waals surface area (Å²) in [4.78, 5) is 0. The molecule has 2 fully saturated rings. The average Bonchev–Trinajstić information content (AvgIpc) is 2.33. The fraction of sp³-hybridized carbons (Fsp3) is 1.00. The Kier molecular flexibility index (Phi) is 1.63. The SMILES string of the molecule is CC1CC(C)(C)C[C@@]2(C1)CC2C. The van der Waals surface area contributed by atoms with Crippen molar-refractivity contribution >= 4 is 0 Å². The zero-order valence-electron chi connectivity index (χ0n) is 8.98. The van der Waals surface area contributed by atoms with Crippen molar-refractivity contribution in [1.82, 2.24) is 0 Å². The fourth-order valence-corrected chi connectivity index (χ4v) is 3.89. The van der Waals surface area contributed by atoms with Crippen LogP contribution >= 0.6 is 0 Å². The molecular weight excluding hydrogens is 144 g/mol. The first-order chi connectivity index (χ1) is 5.44. The molecule has 0 saturated heterocycles. The third-order valence-electron chi connectivity index (χ3n) is 4.08. The molecule has 0 N–H and O–H groups in total. The van der Waals surface area contributed by atoms with E-state index in [1.165, 1.54) is 25.7 Å². The van der Waals surface area contributed by atoms with E-state index in [2.05, 4.69) is 27.7 Å². The molecule has 70 valence electrons. The maximum Gasteiger partial charge on any atom is -0.0261 e. The van der Waals surface area contributed by atoms with E-state index in [-0.39, 0.29) is 0 Å². The smallest absolute Gasteiger partial charge is 0.0261 e. The van der Waals surface area contributed by atoms with E-state index in [0.29, 0.717) is 5.41 Å². The van der Waals surface area contributed by atoms with Crippen LogP contribution in [0.4, 0.5) is 0 Å². The van der Waals surface area contributed by atoms with Crippen LogP contribution < -0.4 is 0 Å². The minimum absolute atomic E-state index is 0.627. The first-order valence-electron chi connectivity index (χ1n) is 5.44. The van der Waals surface area contributed by atoms with Crippen LogP contribution in [0.1, 0.15) is 53.4 Å². The van der Waals surface area contributed by atoms with Gasteiger partial charge in [0.05, 0.1) is 0 Å². The van der Waals surface area contributed by atoms with Gasteiger partial charge in [0.1, 0.15) is 0 Å². The summed E-state index contributed by atoms with van der Waals surface area (Å²) in [6, 6.07) is 0. The number of rotatable bonds is 0. The van der Waals surface area contributed by atoms with Crippen molar-refractivity contribution in [2.75, 3.05) is 0 Å². The van der Waals surface area contributed by atoms with Crippen molar-refractivity contribution in [3.8, 4) is 0 Å². The summed E-state index contributed by atoms with van der Waals surface area (Å²) < 4.78 is 0. The van der Waals surface area contributed by atoms with Crippen molar-refractivity contribution < 1.29 is 0 Å². The van der Waals surface area contributed by atoms with Gasteiger partial charge >= 0.3 is 0 Å². The van der Waals surface area contributed by atoms with Gasteiger partial charge in [0.25, 0.3) is 0 Å². The van der Waals surface area contributed by atoms with E-state index in [9.17, 15) is 0 Å². The van der Waals surface area contributed by atoms with E-state index >= 15 is 0 Å². The highest BCUT2D eigenvalue weighted by Gasteiger charge is 2.55. The molecule has 0 aliphatic heterocycles. The molecule has 1 spiro atoms. The number of hydrogen-bond donors (Lipinski definition) is 0. The highest BCUT2D eigenvalue weighted by molar-refractivity contribution is 5.05. The fourth-order valence-electron chi connectivity index (χ4n) is 3.89. The van der Waals surface area contributed by atoms with Crippen molar-refractivity contribution in [2.24, 2.45) is 22.7 Å². The second-order valence-corrected chi connectivity index (χ2v) is 6.32. The summed E-state index contributed by atoms with van der Waals surface area (Å²) in [6.45, 7) is 9.78. The van der Waals surface area contributed by atoms with Crippen LogP contribution in [-0.2, 0) is 0 Å². The molecular formula is C12H22. The lowest BCUT2D eigenvalue weighted by Gasteiger charge is -2.40. The number of hydrogen-bond acceptors (Lipinski definition) is 0. The third kappa shape index (κ3) is 1.30. The lowest BCUT2D eigenvalue weighted by molar-refractivity contribution is 0.109. The Balaban J connectivity index is 2.11. The molecule has 0 bridgehead atoms. The maximum absolute atomic E-state index is 2.45. The predicted molar refractivity (Wildman–Crippen MR) is 53.0 cm³/mol. The largest absolute Gasteiger partial charge is 0.0625 e. The Hall–Kier alpha value is 0. The van der Waals surface area contributed by atoms with Crippen LogP contribution in [0.3, 0.4) is 0 Å². The Morgan fingerprint density at radius 3 is 2.00 bits per heavy atom. The molecule has 2 saturated carbocycles. The molecule has 0 amide bonds. The Labute approximate surface area is 76.7 Å². The first kappa shape index (κ1) is 8.59. The van der Waals surface area contributed by atoms with E-state index in [1.54, 1.807) is 0 Å². The highest BCUT2D eigenvalue weighted by Crippen LogP contribution is 2.65. The van der Waals surface area contributed by atoms with Gasteiger partial charge in [0.2, 0.25) is 0 Å². The van der Waals surface area contributed by atoms with Gasteiger partial charge in [0, 0.05) is 0 Å². The monoisotopic (exact) mass is 166 g/mol. The van der Waals surface area contributed by atoms with Gasteiger partial charge in [-0.15, -0.1) is 0 Å². The quantitative estimate of drug-likeness (QED) is 0.512. The summed E-state index contributed by atoms with van der Waals surface area (Å²) in [5.74, 6) is 2.00. The van der Waals surface area contributed by atoms with Crippen LogP contribution in [0.2, 0.25) is 0 Å². The van der Waals surface area contributed by atoms with Crippen molar-refractivity contribution in [2.45, 2.75) is 53.4 Å². The molecule has 0 aromatic carbocycles. The van der Waals surface area contributed by atoms with Gasteiger partial charge in [-0.1, -0.05) is 27.7 Å². The van der Waals surface area contributed by atoms with Gasteiger partial charge in [0.15, 0.2) is 0 Å². The van der Waals surface area contributed by atoms with Crippen molar-refractivity contribution in [3.63, 3.8) is 0 Å². The zero-order valence-corrected chi connectivity index (χ0v) is 8.98. The summed E-state index contributed by atoms with van der Waals surface area (Å²) >= 11 is 0. The minimum Gasteiger partial charge on any atom is -0.0625 e. The van der Waals surface area contributed by atoms with Gasteiger partial charge in [-0.2, -0.15) is 0 Å². The van der Waals surface area contributed by atoms with Crippen molar-refractivity contribution in [1.29, 1.82) is 0 Å². The van der Waals surface area contributed by atoms with Crippen molar-refractivity contribution in [3.05, 3.63) is 0 Å². The second kappa shape index (κ2) is 2.27. The van der Waals surface area contributed by atoms with Crippen LogP contribution in [0, 0.1) is 22.7 Å². The molecule has 2 aliphatic rings. The Morgan fingerprint density at radius 2 is 1.58 bits per heavy atom. The summed E-state index contributed by atoms with van der Waals surface area (Å²) in [5.41, 5.74) is 1.42. The third-order valence-corrected chi connectivity index (χ3v) is 4.08. The minimum atomic E-state index is 0.627. The second-order valence-electron chi connectivity index (χ2n) is 6.32. The van der Waals surface area contributed by atoms with Gasteiger partial charge < -0.3 is 0 Å². The normalized spacial score (nSPS) is 51.0. The molecule has 12 heavy (non-hydrogen) atoms. The van der Waals surface area contributed by atoms with Gasteiger partial charge in [-0.25, -0.2) is 0 Å². The Morgan fingerprint density at radius 1 is 1.00 bits per heavy atom. The molecule has 0 aromatic rings. The molecule has 0 radical (unpaired) electrons. The van der Waals surface area contributed by atoms with E-state index in [4.69, 9.17) is 0 Å².